The molecule has 1 saturated heterocycles. The molecule has 1 aliphatic rings. The molecule has 0 aromatic heterocycles. The van der Waals surface area contributed by atoms with Crippen molar-refractivity contribution in [3.05, 3.63) is 29.8 Å². The minimum absolute atomic E-state index is 0.166. The highest BCUT2D eigenvalue weighted by Gasteiger charge is 2.28. The van der Waals surface area contributed by atoms with E-state index >= 15 is 0 Å². The van der Waals surface area contributed by atoms with Gasteiger partial charge < -0.3 is 9.64 Å². The fourth-order valence-electron chi connectivity index (χ4n) is 1.89. The fraction of sp³-hybridized carbons (Fsp3) is 0.385. The van der Waals surface area contributed by atoms with Gasteiger partial charge in [-0.25, -0.2) is 4.79 Å². The summed E-state index contributed by atoms with van der Waals surface area (Å²) in [6, 6.07) is 7.20. The third-order valence-corrected chi connectivity index (χ3v) is 2.99. The number of nitrogens with zero attached hydrogens (tertiary/aromatic N) is 1. The first kappa shape index (κ1) is 12.4. The van der Waals surface area contributed by atoms with Crippen molar-refractivity contribution in [3.8, 4) is 5.75 Å². The number of hydrogen-bond donors (Lipinski definition) is 1. The van der Waals surface area contributed by atoms with Gasteiger partial charge in [-0.1, -0.05) is 19.1 Å². The smallest absolute Gasteiger partial charge is 0.324 e. The lowest BCUT2D eigenvalue weighted by Crippen LogP contribution is -2.53. The Morgan fingerprint density at radius 1 is 1.33 bits per heavy atom. The molecule has 2 rings (SSSR count). The summed E-state index contributed by atoms with van der Waals surface area (Å²) in [4.78, 5) is 24.6. The maximum absolute atomic E-state index is 11.6. The lowest BCUT2D eigenvalue weighted by Gasteiger charge is -2.30. The average Bonchev–Trinajstić information content (AvgIpc) is 2.37. The zero-order valence-electron chi connectivity index (χ0n) is 10.5. The van der Waals surface area contributed by atoms with Gasteiger partial charge in [-0.15, -0.1) is 0 Å². The summed E-state index contributed by atoms with van der Waals surface area (Å²) in [6.07, 6.45) is 0. The van der Waals surface area contributed by atoms with Crippen LogP contribution in [-0.2, 0) is 11.3 Å². The Morgan fingerprint density at radius 3 is 2.61 bits per heavy atom. The predicted octanol–water partition coefficient (Wildman–Crippen LogP) is 1.38. The number of carbonyl (C=O) groups excluding carboxylic acids is 2. The standard InChI is InChI=1S/C13H16N2O3/c1-9-7-15(13(17)14-12(9)16)8-10-3-5-11(18-2)6-4-10/h3-6,9H,7-8H2,1-2H3,(H,14,16,17). The molecular formula is C13H16N2O3. The number of hydrogen-bond acceptors (Lipinski definition) is 3. The lowest BCUT2D eigenvalue weighted by atomic mass is 10.1. The van der Waals surface area contributed by atoms with E-state index in [1.165, 1.54) is 0 Å². The molecule has 0 saturated carbocycles. The van der Waals surface area contributed by atoms with Crippen LogP contribution in [0.1, 0.15) is 12.5 Å². The van der Waals surface area contributed by atoms with Crippen LogP contribution in [0.2, 0.25) is 0 Å². The van der Waals surface area contributed by atoms with Crippen molar-refractivity contribution in [3.63, 3.8) is 0 Å². The number of urea groups is 1. The predicted molar refractivity (Wildman–Crippen MR) is 66.1 cm³/mol. The van der Waals surface area contributed by atoms with E-state index in [4.69, 9.17) is 4.74 Å². The van der Waals surface area contributed by atoms with Crippen LogP contribution in [0, 0.1) is 5.92 Å². The van der Waals surface area contributed by atoms with Crippen LogP contribution in [0.25, 0.3) is 0 Å². The first-order valence-electron chi connectivity index (χ1n) is 5.83. The van der Waals surface area contributed by atoms with Gasteiger partial charge in [-0.2, -0.15) is 0 Å². The molecule has 1 N–H and O–H groups in total. The van der Waals surface area contributed by atoms with Crippen molar-refractivity contribution in [2.45, 2.75) is 13.5 Å². The molecule has 1 fully saturated rings. The highest BCUT2D eigenvalue weighted by Crippen LogP contribution is 2.15. The SMILES string of the molecule is COc1ccc(CN2CC(C)C(=O)NC2=O)cc1. The number of methoxy groups -OCH3 is 1. The van der Waals surface area contributed by atoms with Crippen LogP contribution in [0.15, 0.2) is 24.3 Å². The maximum atomic E-state index is 11.6. The Balaban J connectivity index is 2.04. The number of amides is 3. The van der Waals surface area contributed by atoms with Gasteiger partial charge in [0, 0.05) is 13.1 Å². The van der Waals surface area contributed by atoms with Gasteiger partial charge in [0.15, 0.2) is 0 Å². The van der Waals surface area contributed by atoms with E-state index < -0.39 is 0 Å². The van der Waals surface area contributed by atoms with Crippen LogP contribution < -0.4 is 10.1 Å². The third-order valence-electron chi connectivity index (χ3n) is 2.99. The van der Waals surface area contributed by atoms with Crippen LogP contribution in [-0.4, -0.2) is 30.5 Å². The van der Waals surface area contributed by atoms with Gasteiger partial charge >= 0.3 is 6.03 Å². The zero-order valence-corrected chi connectivity index (χ0v) is 10.5. The second-order valence-electron chi connectivity index (χ2n) is 4.42. The number of imide groups is 1. The van der Waals surface area contributed by atoms with E-state index in [9.17, 15) is 9.59 Å². The molecule has 5 nitrogen and oxygen atoms in total. The van der Waals surface area contributed by atoms with Gasteiger partial charge in [0.25, 0.3) is 0 Å². The summed E-state index contributed by atoms with van der Waals surface area (Å²) >= 11 is 0. The summed E-state index contributed by atoms with van der Waals surface area (Å²) in [5.74, 6) is 0.414. The second-order valence-corrected chi connectivity index (χ2v) is 4.42. The number of ether oxygens (including phenoxy) is 1. The molecule has 1 unspecified atom stereocenters. The first-order valence-corrected chi connectivity index (χ1v) is 5.83. The largest absolute Gasteiger partial charge is 0.497 e. The Labute approximate surface area is 106 Å². The molecule has 18 heavy (non-hydrogen) atoms. The fourth-order valence-corrected chi connectivity index (χ4v) is 1.89. The Bertz CT molecular complexity index is 456. The normalized spacial score (nSPS) is 19.7. The number of carbonyl (C=O) groups is 2. The number of benzene rings is 1. The van der Waals surface area contributed by atoms with Gasteiger partial charge in [0.1, 0.15) is 5.75 Å². The van der Waals surface area contributed by atoms with Gasteiger partial charge in [0.05, 0.1) is 13.0 Å². The molecule has 1 aliphatic heterocycles. The zero-order chi connectivity index (χ0) is 13.1. The molecule has 3 amide bonds. The Morgan fingerprint density at radius 2 is 2.00 bits per heavy atom. The summed E-state index contributed by atoms with van der Waals surface area (Å²) in [5, 5.41) is 2.35. The Hall–Kier alpha value is -2.04. The first-order chi connectivity index (χ1) is 8.60. The van der Waals surface area contributed by atoms with E-state index in [-0.39, 0.29) is 17.9 Å². The van der Waals surface area contributed by atoms with Gasteiger partial charge in [-0.3, -0.25) is 10.1 Å². The molecule has 0 radical (unpaired) electrons. The van der Waals surface area contributed by atoms with E-state index in [1.54, 1.807) is 12.0 Å². The monoisotopic (exact) mass is 248 g/mol. The molecule has 1 aromatic rings. The molecule has 1 aromatic carbocycles. The van der Waals surface area contributed by atoms with Crippen molar-refractivity contribution in [1.29, 1.82) is 0 Å². The summed E-state index contributed by atoms with van der Waals surface area (Å²) in [6.45, 7) is 2.76. The van der Waals surface area contributed by atoms with Crippen LogP contribution >= 0.6 is 0 Å². The van der Waals surface area contributed by atoms with Crippen molar-refractivity contribution in [2.75, 3.05) is 13.7 Å². The quantitative estimate of drug-likeness (QED) is 0.879. The molecule has 1 heterocycles. The van der Waals surface area contributed by atoms with E-state index in [0.717, 1.165) is 11.3 Å². The van der Waals surface area contributed by atoms with Crippen molar-refractivity contribution < 1.29 is 14.3 Å². The highest BCUT2D eigenvalue weighted by molar-refractivity contribution is 5.97. The van der Waals surface area contributed by atoms with E-state index in [2.05, 4.69) is 5.32 Å². The van der Waals surface area contributed by atoms with Gasteiger partial charge in [0.2, 0.25) is 5.91 Å². The van der Waals surface area contributed by atoms with E-state index in [1.807, 2.05) is 31.2 Å². The molecule has 1 atom stereocenters. The Kier molecular flexibility index (Phi) is 3.50. The molecule has 0 aliphatic carbocycles. The molecule has 0 bridgehead atoms. The summed E-state index contributed by atoms with van der Waals surface area (Å²) in [5.41, 5.74) is 1.01. The van der Waals surface area contributed by atoms with E-state index in [0.29, 0.717) is 13.1 Å². The maximum Gasteiger partial charge on any atom is 0.324 e. The van der Waals surface area contributed by atoms with Crippen LogP contribution in [0.4, 0.5) is 4.79 Å². The summed E-state index contributed by atoms with van der Waals surface area (Å²) < 4.78 is 5.07. The van der Waals surface area contributed by atoms with Gasteiger partial charge in [-0.05, 0) is 17.7 Å². The highest BCUT2D eigenvalue weighted by atomic mass is 16.5. The lowest BCUT2D eigenvalue weighted by molar-refractivity contribution is -0.125. The topological polar surface area (TPSA) is 58.6 Å². The minimum Gasteiger partial charge on any atom is -0.497 e. The molecule has 96 valence electrons. The molecule has 5 heteroatoms. The number of nitrogens with one attached hydrogen (secondary N) is 1. The van der Waals surface area contributed by atoms with Crippen LogP contribution in [0.5, 0.6) is 5.75 Å². The van der Waals surface area contributed by atoms with Crippen molar-refractivity contribution in [1.82, 2.24) is 10.2 Å². The van der Waals surface area contributed by atoms with Crippen molar-refractivity contribution >= 4 is 11.9 Å². The third kappa shape index (κ3) is 2.61. The molecule has 0 spiro atoms. The molecular weight excluding hydrogens is 232 g/mol. The van der Waals surface area contributed by atoms with Crippen LogP contribution in [0.3, 0.4) is 0 Å². The summed E-state index contributed by atoms with van der Waals surface area (Å²) in [7, 11) is 1.61. The average molecular weight is 248 g/mol. The van der Waals surface area contributed by atoms with Crippen molar-refractivity contribution in [2.24, 2.45) is 5.92 Å². The second kappa shape index (κ2) is 5.08. The number of rotatable bonds is 3. The minimum atomic E-state index is -0.325.